The number of carbonyl (C=O) groups is 1. The molecule has 1 aromatic heterocycles. The summed E-state index contributed by atoms with van der Waals surface area (Å²) in [6.45, 7) is 2.66. The van der Waals surface area contributed by atoms with Gasteiger partial charge in [-0.2, -0.15) is 4.98 Å². The van der Waals surface area contributed by atoms with Gasteiger partial charge in [0.1, 0.15) is 5.75 Å². The Morgan fingerprint density at radius 3 is 2.74 bits per heavy atom. The van der Waals surface area contributed by atoms with Crippen LogP contribution in [0.25, 0.3) is 11.4 Å². The van der Waals surface area contributed by atoms with Gasteiger partial charge in [-0.3, -0.25) is 9.69 Å². The van der Waals surface area contributed by atoms with Crippen LogP contribution in [0.15, 0.2) is 57.5 Å². The molecule has 1 N–H and O–H groups in total. The summed E-state index contributed by atoms with van der Waals surface area (Å²) in [5, 5.41) is 7.15. The average Bonchev–Trinajstić information content (AvgIpc) is 3.27. The predicted molar refractivity (Wildman–Crippen MR) is 120 cm³/mol. The summed E-state index contributed by atoms with van der Waals surface area (Å²) in [6.07, 6.45) is 1.85. The number of methoxy groups -OCH3 is 1. The lowest BCUT2D eigenvalue weighted by atomic mass is 9.97. The minimum Gasteiger partial charge on any atom is -0.497 e. The molecular formula is C23H25BrN4O3. The van der Waals surface area contributed by atoms with Crippen LogP contribution in [0.4, 0.5) is 0 Å². The highest BCUT2D eigenvalue weighted by Gasteiger charge is 2.26. The van der Waals surface area contributed by atoms with Crippen LogP contribution in [-0.2, 0) is 17.9 Å². The summed E-state index contributed by atoms with van der Waals surface area (Å²) in [6, 6.07) is 15.5. The number of aromatic nitrogens is 2. The minimum absolute atomic E-state index is 0.0409. The zero-order valence-electron chi connectivity index (χ0n) is 17.4. The number of nitrogens with one attached hydrogen (secondary N) is 1. The van der Waals surface area contributed by atoms with Crippen molar-refractivity contribution in [3.8, 4) is 17.1 Å². The number of carbonyl (C=O) groups excluding carboxylic acids is 1. The molecule has 1 fully saturated rings. The lowest BCUT2D eigenvalue weighted by Crippen LogP contribution is -2.42. The van der Waals surface area contributed by atoms with Crippen LogP contribution in [0.2, 0.25) is 0 Å². The van der Waals surface area contributed by atoms with E-state index in [1.54, 1.807) is 7.11 Å². The van der Waals surface area contributed by atoms with Gasteiger partial charge in [0.05, 0.1) is 19.6 Å². The molecule has 0 bridgehead atoms. The maximum Gasteiger partial charge on any atom is 0.241 e. The number of benzene rings is 2. The Hall–Kier alpha value is -2.71. The van der Waals surface area contributed by atoms with E-state index in [4.69, 9.17) is 9.26 Å². The van der Waals surface area contributed by atoms with Gasteiger partial charge in [-0.05, 0) is 61.3 Å². The first kappa shape index (κ1) is 21.5. The van der Waals surface area contributed by atoms with E-state index in [0.29, 0.717) is 31.3 Å². The van der Waals surface area contributed by atoms with Gasteiger partial charge in [-0.25, -0.2) is 0 Å². The van der Waals surface area contributed by atoms with E-state index in [2.05, 4.69) is 36.3 Å². The second-order valence-electron chi connectivity index (χ2n) is 7.66. The van der Waals surface area contributed by atoms with E-state index >= 15 is 0 Å². The number of hydrogen-bond acceptors (Lipinski definition) is 6. The van der Waals surface area contributed by atoms with Gasteiger partial charge < -0.3 is 14.6 Å². The molecular weight excluding hydrogens is 460 g/mol. The molecule has 7 nitrogen and oxygen atoms in total. The van der Waals surface area contributed by atoms with Crippen molar-refractivity contribution in [3.05, 3.63) is 64.5 Å². The van der Waals surface area contributed by atoms with Gasteiger partial charge in [-0.1, -0.05) is 33.2 Å². The molecule has 1 unspecified atom stereocenters. The molecule has 2 aromatic carbocycles. The molecule has 0 spiro atoms. The number of rotatable bonds is 7. The Balaban J connectivity index is 1.30. The quantitative estimate of drug-likeness (QED) is 0.544. The molecule has 1 saturated heterocycles. The number of halogens is 1. The second kappa shape index (κ2) is 10.1. The Morgan fingerprint density at radius 2 is 2.00 bits per heavy atom. The fourth-order valence-electron chi connectivity index (χ4n) is 3.72. The topological polar surface area (TPSA) is 80.5 Å². The fourth-order valence-corrected chi connectivity index (χ4v) is 3.98. The number of likely N-dealkylation sites (tertiary alicyclic amines) is 1. The van der Waals surface area contributed by atoms with Gasteiger partial charge in [0.2, 0.25) is 17.6 Å². The third-order valence-electron chi connectivity index (χ3n) is 5.43. The monoisotopic (exact) mass is 484 g/mol. The summed E-state index contributed by atoms with van der Waals surface area (Å²) in [7, 11) is 1.64. The van der Waals surface area contributed by atoms with Crippen molar-refractivity contribution in [1.29, 1.82) is 0 Å². The average molecular weight is 485 g/mol. The Bertz CT molecular complexity index is 1000. The van der Waals surface area contributed by atoms with Crippen molar-refractivity contribution >= 4 is 21.8 Å². The van der Waals surface area contributed by atoms with Crippen molar-refractivity contribution in [2.75, 3.05) is 20.2 Å². The van der Waals surface area contributed by atoms with E-state index in [1.807, 2.05) is 48.5 Å². The first-order valence-electron chi connectivity index (χ1n) is 10.3. The molecule has 1 atom stereocenters. The van der Waals surface area contributed by atoms with E-state index in [-0.39, 0.29) is 11.8 Å². The Kier molecular flexibility index (Phi) is 6.99. The van der Waals surface area contributed by atoms with E-state index < -0.39 is 0 Å². The summed E-state index contributed by atoms with van der Waals surface area (Å²) >= 11 is 3.43. The van der Waals surface area contributed by atoms with Crippen LogP contribution in [0.1, 0.15) is 24.3 Å². The molecule has 1 aliphatic heterocycles. The van der Waals surface area contributed by atoms with Crippen LogP contribution in [-0.4, -0.2) is 41.1 Å². The minimum atomic E-state index is -0.0409. The van der Waals surface area contributed by atoms with Crippen LogP contribution in [0.5, 0.6) is 5.75 Å². The number of amides is 1. The second-order valence-corrected chi connectivity index (χ2v) is 8.57. The van der Waals surface area contributed by atoms with Crippen LogP contribution in [0, 0.1) is 5.92 Å². The predicted octanol–water partition coefficient (Wildman–Crippen LogP) is 4.04. The van der Waals surface area contributed by atoms with Gasteiger partial charge >= 0.3 is 0 Å². The zero-order valence-corrected chi connectivity index (χ0v) is 19.0. The highest BCUT2D eigenvalue weighted by molar-refractivity contribution is 9.10. The van der Waals surface area contributed by atoms with Crippen LogP contribution in [0.3, 0.4) is 0 Å². The van der Waals surface area contributed by atoms with Gasteiger partial charge in [0.15, 0.2) is 0 Å². The lowest BCUT2D eigenvalue weighted by molar-refractivity contribution is -0.127. The Morgan fingerprint density at radius 1 is 1.23 bits per heavy atom. The third-order valence-corrected chi connectivity index (χ3v) is 5.96. The fraction of sp³-hybridized carbons (Fsp3) is 0.348. The smallest absolute Gasteiger partial charge is 0.241 e. The summed E-state index contributed by atoms with van der Waals surface area (Å²) in [5.74, 6) is 2.00. The molecule has 4 rings (SSSR count). The molecule has 1 aliphatic rings. The van der Waals surface area contributed by atoms with Crippen molar-refractivity contribution in [2.24, 2.45) is 5.92 Å². The molecule has 31 heavy (non-hydrogen) atoms. The highest BCUT2D eigenvalue weighted by atomic mass is 79.9. The first-order valence-corrected chi connectivity index (χ1v) is 11.1. The van der Waals surface area contributed by atoms with E-state index in [1.165, 1.54) is 0 Å². The number of nitrogens with zero attached hydrogens (tertiary/aromatic N) is 3. The normalized spacial score (nSPS) is 16.8. The van der Waals surface area contributed by atoms with Crippen molar-refractivity contribution in [2.45, 2.75) is 25.9 Å². The summed E-state index contributed by atoms with van der Waals surface area (Å²) < 4.78 is 11.6. The largest absolute Gasteiger partial charge is 0.497 e. The van der Waals surface area contributed by atoms with E-state index in [9.17, 15) is 4.79 Å². The number of hydrogen-bond donors (Lipinski definition) is 1. The summed E-state index contributed by atoms with van der Waals surface area (Å²) in [5.41, 5.74) is 1.96. The molecule has 2 heterocycles. The van der Waals surface area contributed by atoms with E-state index in [0.717, 1.165) is 40.7 Å². The van der Waals surface area contributed by atoms with Crippen molar-refractivity contribution in [1.82, 2.24) is 20.4 Å². The third kappa shape index (κ3) is 5.71. The van der Waals surface area contributed by atoms with Gasteiger partial charge in [0, 0.05) is 23.1 Å². The molecule has 1 amide bonds. The molecule has 0 radical (unpaired) electrons. The molecule has 0 saturated carbocycles. The lowest BCUT2D eigenvalue weighted by Gasteiger charge is -2.30. The number of ether oxygens (including phenoxy) is 1. The zero-order chi connectivity index (χ0) is 21.6. The molecule has 162 valence electrons. The van der Waals surface area contributed by atoms with Crippen molar-refractivity contribution in [3.63, 3.8) is 0 Å². The van der Waals surface area contributed by atoms with Gasteiger partial charge in [0.25, 0.3) is 0 Å². The molecule has 0 aliphatic carbocycles. The molecule has 3 aromatic rings. The first-order chi connectivity index (χ1) is 15.1. The maximum atomic E-state index is 12.7. The highest BCUT2D eigenvalue weighted by Crippen LogP contribution is 2.22. The van der Waals surface area contributed by atoms with Crippen LogP contribution >= 0.6 is 15.9 Å². The standard InChI is InChI=1S/C23H25BrN4O3/c1-30-20-10-4-16(5-11-20)13-25-23(29)18-3-2-12-28(14-18)15-21-26-22(27-31-21)17-6-8-19(24)9-7-17/h4-11,18H,2-3,12-15H2,1H3,(H,25,29). The maximum absolute atomic E-state index is 12.7. The Labute approximate surface area is 189 Å². The molecule has 8 heteroatoms. The van der Waals surface area contributed by atoms with Crippen LogP contribution < -0.4 is 10.1 Å². The number of piperidine rings is 1. The summed E-state index contributed by atoms with van der Waals surface area (Å²) in [4.78, 5) is 19.4. The van der Waals surface area contributed by atoms with Gasteiger partial charge in [-0.15, -0.1) is 0 Å². The van der Waals surface area contributed by atoms with Crippen molar-refractivity contribution < 1.29 is 14.1 Å². The SMILES string of the molecule is COc1ccc(CNC(=O)C2CCCN(Cc3nc(-c4ccc(Br)cc4)no3)C2)cc1.